The first kappa shape index (κ1) is 20.9. The van der Waals surface area contributed by atoms with Crippen LogP contribution in [0.5, 0.6) is 0 Å². The van der Waals surface area contributed by atoms with Gasteiger partial charge in [0.25, 0.3) is 0 Å². The molecule has 8 rings (SSSR count). The summed E-state index contributed by atoms with van der Waals surface area (Å²) in [7, 11) is 0. The number of carbonyl (C=O) groups excluding carboxylic acids is 1. The first-order valence-corrected chi connectivity index (χ1v) is 13.1. The molecule has 3 saturated heterocycles. The summed E-state index contributed by atoms with van der Waals surface area (Å²) in [5.74, 6) is 2.91. The molecule has 2 aliphatic carbocycles. The van der Waals surface area contributed by atoms with Crippen molar-refractivity contribution in [2.75, 3.05) is 39.3 Å². The molecule has 2 amide bonds. The second kappa shape index (κ2) is 7.38. The number of hydrogen-bond acceptors (Lipinski definition) is 7. The Hall–Kier alpha value is -3.27. The normalized spacial score (nSPS) is 24.3. The maximum atomic E-state index is 13.0. The molecule has 5 fully saturated rings. The van der Waals surface area contributed by atoms with Crippen molar-refractivity contribution in [2.45, 2.75) is 44.2 Å². The van der Waals surface area contributed by atoms with Gasteiger partial charge in [0.1, 0.15) is 6.33 Å². The second-order valence-corrected chi connectivity index (χ2v) is 11.9. The standard InChI is InChI=1S/C26H30N8O2/c35-24(32-13-25(14-32)8-20(9-25)34-17-27-22(29-34)19-6-7-19)33-15-26(16-33)11-31(12-26)10-21-28-23(30-36-21)18-4-2-1-3-5-18/h1-5,17,19-20H,6-16H2. The van der Waals surface area contributed by atoms with E-state index >= 15 is 0 Å². The van der Waals surface area contributed by atoms with Gasteiger partial charge in [0.2, 0.25) is 11.7 Å². The quantitative estimate of drug-likeness (QED) is 0.547. The lowest BCUT2D eigenvalue weighted by Gasteiger charge is -2.63. The summed E-state index contributed by atoms with van der Waals surface area (Å²) in [6, 6.07) is 10.6. The van der Waals surface area contributed by atoms with Crippen LogP contribution in [0, 0.1) is 10.8 Å². The molecular formula is C26H30N8O2. The van der Waals surface area contributed by atoms with Crippen molar-refractivity contribution in [3.05, 3.63) is 48.4 Å². The summed E-state index contributed by atoms with van der Waals surface area (Å²) < 4.78 is 7.53. The molecule has 1 aromatic carbocycles. The zero-order valence-corrected chi connectivity index (χ0v) is 20.3. The Morgan fingerprint density at radius 2 is 1.69 bits per heavy atom. The third-order valence-electron chi connectivity index (χ3n) is 8.80. The summed E-state index contributed by atoms with van der Waals surface area (Å²) in [4.78, 5) is 28.4. The van der Waals surface area contributed by atoms with Crippen LogP contribution in [-0.2, 0) is 6.54 Å². The molecule has 10 heteroatoms. The molecule has 2 aromatic heterocycles. The predicted molar refractivity (Wildman–Crippen MR) is 129 cm³/mol. The number of hydrogen-bond donors (Lipinski definition) is 0. The Morgan fingerprint density at radius 1 is 0.972 bits per heavy atom. The summed E-state index contributed by atoms with van der Waals surface area (Å²) in [6.07, 6.45) is 6.62. The van der Waals surface area contributed by atoms with Crippen molar-refractivity contribution in [1.82, 2.24) is 39.6 Å². The molecule has 5 heterocycles. The molecule has 2 spiro atoms. The molecule has 0 unspecified atom stereocenters. The number of nitrogens with zero attached hydrogens (tertiary/aromatic N) is 8. The van der Waals surface area contributed by atoms with E-state index in [1.165, 1.54) is 12.8 Å². The Morgan fingerprint density at radius 3 is 2.42 bits per heavy atom. The minimum atomic E-state index is 0.217. The molecule has 2 saturated carbocycles. The van der Waals surface area contributed by atoms with Crippen LogP contribution >= 0.6 is 0 Å². The van der Waals surface area contributed by atoms with E-state index < -0.39 is 0 Å². The summed E-state index contributed by atoms with van der Waals surface area (Å²) in [5, 5.41) is 8.82. The van der Waals surface area contributed by atoms with E-state index in [-0.39, 0.29) is 11.4 Å². The van der Waals surface area contributed by atoms with Crippen molar-refractivity contribution in [3.8, 4) is 11.4 Å². The molecule has 10 nitrogen and oxygen atoms in total. The number of urea groups is 1. The van der Waals surface area contributed by atoms with E-state index in [0.29, 0.717) is 35.6 Å². The Kier molecular flexibility index (Phi) is 4.28. The summed E-state index contributed by atoms with van der Waals surface area (Å²) >= 11 is 0. The third kappa shape index (κ3) is 3.37. The van der Waals surface area contributed by atoms with E-state index in [1.807, 2.05) is 46.5 Å². The van der Waals surface area contributed by atoms with Gasteiger partial charge in [0, 0.05) is 61.6 Å². The fourth-order valence-corrected chi connectivity index (χ4v) is 6.80. The first-order chi connectivity index (χ1) is 17.6. The average Bonchev–Trinajstić information content (AvgIpc) is 3.33. The smallest absolute Gasteiger partial charge is 0.320 e. The monoisotopic (exact) mass is 486 g/mol. The van der Waals surface area contributed by atoms with Gasteiger partial charge < -0.3 is 14.3 Å². The highest BCUT2D eigenvalue weighted by Gasteiger charge is 2.58. The Labute approximate surface area is 209 Å². The lowest BCUT2D eigenvalue weighted by Crippen LogP contribution is -2.75. The number of rotatable bonds is 5. The number of amides is 2. The zero-order chi connectivity index (χ0) is 23.9. The number of carbonyl (C=O) groups is 1. The van der Waals surface area contributed by atoms with Gasteiger partial charge in [-0.2, -0.15) is 10.1 Å². The summed E-state index contributed by atoms with van der Waals surface area (Å²) in [6.45, 7) is 6.12. The molecule has 0 atom stereocenters. The minimum Gasteiger partial charge on any atom is -0.338 e. The van der Waals surface area contributed by atoms with Crippen molar-refractivity contribution in [1.29, 1.82) is 0 Å². The van der Waals surface area contributed by atoms with Gasteiger partial charge in [-0.25, -0.2) is 14.5 Å². The van der Waals surface area contributed by atoms with Gasteiger partial charge >= 0.3 is 6.03 Å². The maximum absolute atomic E-state index is 13.0. The van der Waals surface area contributed by atoms with Gasteiger partial charge in [-0.15, -0.1) is 0 Å². The van der Waals surface area contributed by atoms with Gasteiger partial charge in [-0.1, -0.05) is 35.5 Å². The molecule has 36 heavy (non-hydrogen) atoms. The van der Waals surface area contributed by atoms with Gasteiger partial charge in [-0.3, -0.25) is 4.90 Å². The number of benzene rings is 1. The lowest BCUT2D eigenvalue weighted by molar-refractivity contribution is -0.121. The van der Waals surface area contributed by atoms with Crippen LogP contribution in [0.2, 0.25) is 0 Å². The highest BCUT2D eigenvalue weighted by molar-refractivity contribution is 5.77. The van der Waals surface area contributed by atoms with Crippen LogP contribution in [0.3, 0.4) is 0 Å². The minimum absolute atomic E-state index is 0.217. The highest BCUT2D eigenvalue weighted by atomic mass is 16.5. The van der Waals surface area contributed by atoms with Gasteiger partial charge in [0.05, 0.1) is 12.6 Å². The van der Waals surface area contributed by atoms with Crippen LogP contribution < -0.4 is 0 Å². The molecule has 0 bridgehead atoms. The largest absolute Gasteiger partial charge is 0.338 e. The molecule has 5 aliphatic rings. The molecule has 0 radical (unpaired) electrons. The van der Waals surface area contributed by atoms with Crippen molar-refractivity contribution in [2.24, 2.45) is 10.8 Å². The first-order valence-electron chi connectivity index (χ1n) is 13.1. The molecule has 3 aliphatic heterocycles. The third-order valence-corrected chi connectivity index (χ3v) is 8.80. The SMILES string of the molecule is O=C(N1CC2(CC(n3cnc(C4CC4)n3)C2)C1)N1CC2(CN(Cc3nc(-c4ccccc4)no3)C2)C1. The van der Waals surface area contributed by atoms with Gasteiger partial charge in [-0.05, 0) is 25.7 Å². The zero-order valence-electron chi connectivity index (χ0n) is 20.3. The fourth-order valence-electron chi connectivity index (χ4n) is 6.80. The molecule has 0 N–H and O–H groups in total. The van der Waals surface area contributed by atoms with Crippen LogP contribution in [0.25, 0.3) is 11.4 Å². The lowest BCUT2D eigenvalue weighted by atomic mass is 9.60. The fraction of sp³-hybridized carbons (Fsp3) is 0.577. The van der Waals surface area contributed by atoms with Crippen LogP contribution in [-0.4, -0.2) is 84.9 Å². The Bertz CT molecular complexity index is 1290. The topological polar surface area (TPSA) is 96.4 Å². The number of likely N-dealkylation sites (tertiary alicyclic amines) is 3. The molecular weight excluding hydrogens is 456 g/mol. The van der Waals surface area contributed by atoms with E-state index in [0.717, 1.165) is 63.5 Å². The van der Waals surface area contributed by atoms with E-state index in [4.69, 9.17) is 9.62 Å². The highest BCUT2D eigenvalue weighted by Crippen LogP contribution is 2.54. The van der Waals surface area contributed by atoms with Crippen LogP contribution in [0.15, 0.2) is 41.2 Å². The molecule has 186 valence electrons. The van der Waals surface area contributed by atoms with E-state index in [9.17, 15) is 4.79 Å². The van der Waals surface area contributed by atoms with Gasteiger partial charge in [0.15, 0.2) is 5.82 Å². The van der Waals surface area contributed by atoms with Crippen LogP contribution in [0.4, 0.5) is 4.79 Å². The van der Waals surface area contributed by atoms with Crippen molar-refractivity contribution in [3.63, 3.8) is 0 Å². The Balaban J connectivity index is 0.782. The van der Waals surface area contributed by atoms with E-state index in [1.54, 1.807) is 0 Å². The predicted octanol–water partition coefficient (Wildman–Crippen LogP) is 2.78. The summed E-state index contributed by atoms with van der Waals surface area (Å²) in [5.41, 5.74) is 1.52. The number of aromatic nitrogens is 5. The maximum Gasteiger partial charge on any atom is 0.320 e. The average molecular weight is 487 g/mol. The van der Waals surface area contributed by atoms with Crippen molar-refractivity contribution >= 4 is 6.03 Å². The van der Waals surface area contributed by atoms with Crippen LogP contribution in [0.1, 0.15) is 49.4 Å². The second-order valence-electron chi connectivity index (χ2n) is 11.9. The molecule has 3 aromatic rings. The van der Waals surface area contributed by atoms with E-state index in [2.05, 4.69) is 24.7 Å². The van der Waals surface area contributed by atoms with Crippen molar-refractivity contribution < 1.29 is 9.32 Å².